The highest BCUT2D eigenvalue weighted by molar-refractivity contribution is 5.45. The van der Waals surface area contributed by atoms with E-state index < -0.39 is 6.10 Å². The van der Waals surface area contributed by atoms with Gasteiger partial charge >= 0.3 is 0 Å². The van der Waals surface area contributed by atoms with Gasteiger partial charge in [-0.25, -0.2) is 0 Å². The maximum Gasteiger partial charge on any atom is 0.231 e. The average molecular weight is 277 g/mol. The summed E-state index contributed by atoms with van der Waals surface area (Å²) in [6.07, 6.45) is 3.72. The molecule has 4 nitrogen and oxygen atoms in total. The minimum atomic E-state index is -0.533. The topological polar surface area (TPSA) is 64.7 Å². The molecule has 1 aromatic carbocycles. The molecule has 3 rings (SSSR count). The maximum atomic E-state index is 10.8. The maximum absolute atomic E-state index is 10.8. The molecule has 0 amide bonds. The average Bonchev–Trinajstić information content (AvgIpc) is 2.95. The number of nitrogens with two attached hydrogens (primary N) is 1. The van der Waals surface area contributed by atoms with Gasteiger partial charge in [0.2, 0.25) is 6.79 Å². The van der Waals surface area contributed by atoms with Crippen LogP contribution in [0.25, 0.3) is 0 Å². The molecule has 4 heteroatoms. The SMILES string of the molecule is CC1CCC(CN)(C(O)c2ccc3c(c2)OCO3)CC1. The summed E-state index contributed by atoms with van der Waals surface area (Å²) in [5.41, 5.74) is 6.71. The first-order valence-electron chi connectivity index (χ1n) is 7.42. The predicted molar refractivity (Wildman–Crippen MR) is 76.6 cm³/mol. The van der Waals surface area contributed by atoms with Crippen LogP contribution in [-0.2, 0) is 0 Å². The van der Waals surface area contributed by atoms with Crippen molar-refractivity contribution >= 4 is 0 Å². The second-order valence-electron chi connectivity index (χ2n) is 6.26. The van der Waals surface area contributed by atoms with Crippen LogP contribution < -0.4 is 15.2 Å². The predicted octanol–water partition coefficient (Wildman–Crippen LogP) is 2.60. The number of fused-ring (bicyclic) bond motifs is 1. The molecule has 0 bridgehead atoms. The Kier molecular flexibility index (Phi) is 3.61. The zero-order chi connectivity index (χ0) is 14.2. The Bertz CT molecular complexity index is 481. The van der Waals surface area contributed by atoms with Gasteiger partial charge in [-0.3, -0.25) is 0 Å². The minimum Gasteiger partial charge on any atom is -0.454 e. The molecule has 0 spiro atoms. The molecule has 1 heterocycles. The Morgan fingerprint density at radius 1 is 1.30 bits per heavy atom. The lowest BCUT2D eigenvalue weighted by Crippen LogP contribution is -2.39. The third-order valence-corrected chi connectivity index (χ3v) is 4.97. The molecule has 0 radical (unpaired) electrons. The van der Waals surface area contributed by atoms with E-state index in [1.165, 1.54) is 0 Å². The molecule has 1 saturated carbocycles. The van der Waals surface area contributed by atoms with Gasteiger partial charge in [0.1, 0.15) is 0 Å². The number of aliphatic hydroxyl groups excluding tert-OH is 1. The van der Waals surface area contributed by atoms with Gasteiger partial charge in [-0.2, -0.15) is 0 Å². The van der Waals surface area contributed by atoms with Crippen LogP contribution in [0, 0.1) is 11.3 Å². The summed E-state index contributed by atoms with van der Waals surface area (Å²) in [5, 5.41) is 10.8. The number of aliphatic hydroxyl groups is 1. The molecule has 1 atom stereocenters. The van der Waals surface area contributed by atoms with Crippen LogP contribution in [-0.4, -0.2) is 18.4 Å². The normalized spacial score (nSPS) is 30.2. The number of rotatable bonds is 3. The Balaban J connectivity index is 1.85. The molecular formula is C16H23NO3. The molecule has 1 fully saturated rings. The van der Waals surface area contributed by atoms with Gasteiger partial charge in [0.05, 0.1) is 6.10 Å². The number of ether oxygens (including phenoxy) is 2. The van der Waals surface area contributed by atoms with E-state index in [1.807, 2.05) is 18.2 Å². The van der Waals surface area contributed by atoms with Crippen molar-refractivity contribution in [2.75, 3.05) is 13.3 Å². The summed E-state index contributed by atoms with van der Waals surface area (Å²) in [6.45, 7) is 3.05. The van der Waals surface area contributed by atoms with Crippen LogP contribution in [0.5, 0.6) is 11.5 Å². The summed E-state index contributed by atoms with van der Waals surface area (Å²) >= 11 is 0. The third-order valence-electron chi connectivity index (χ3n) is 4.97. The Hall–Kier alpha value is -1.26. The number of hydrogen-bond acceptors (Lipinski definition) is 4. The highest BCUT2D eigenvalue weighted by Crippen LogP contribution is 2.48. The van der Waals surface area contributed by atoms with E-state index >= 15 is 0 Å². The molecule has 3 N–H and O–H groups in total. The van der Waals surface area contributed by atoms with Gasteiger partial charge in [-0.1, -0.05) is 25.8 Å². The van der Waals surface area contributed by atoms with Crippen molar-refractivity contribution in [3.8, 4) is 11.5 Å². The Morgan fingerprint density at radius 2 is 2.00 bits per heavy atom. The van der Waals surface area contributed by atoms with Crippen LogP contribution in [0.4, 0.5) is 0 Å². The van der Waals surface area contributed by atoms with Crippen LogP contribution in [0.1, 0.15) is 44.3 Å². The second-order valence-corrected chi connectivity index (χ2v) is 6.26. The van der Waals surface area contributed by atoms with E-state index in [1.54, 1.807) is 0 Å². The molecule has 110 valence electrons. The molecule has 1 aromatic rings. The van der Waals surface area contributed by atoms with Crippen LogP contribution >= 0.6 is 0 Å². The van der Waals surface area contributed by atoms with Crippen molar-refractivity contribution in [3.63, 3.8) is 0 Å². The van der Waals surface area contributed by atoms with Crippen LogP contribution in [0.3, 0.4) is 0 Å². The quantitative estimate of drug-likeness (QED) is 0.891. The Labute approximate surface area is 119 Å². The lowest BCUT2D eigenvalue weighted by Gasteiger charge is -2.42. The van der Waals surface area contributed by atoms with Gasteiger partial charge in [-0.05, 0) is 36.5 Å². The van der Waals surface area contributed by atoms with E-state index in [0.717, 1.165) is 48.7 Å². The van der Waals surface area contributed by atoms with E-state index in [4.69, 9.17) is 15.2 Å². The number of hydrogen-bond donors (Lipinski definition) is 2. The molecule has 2 aliphatic rings. The first kappa shape index (κ1) is 13.7. The lowest BCUT2D eigenvalue weighted by atomic mass is 9.66. The van der Waals surface area contributed by atoms with Gasteiger partial charge < -0.3 is 20.3 Å². The lowest BCUT2D eigenvalue weighted by molar-refractivity contribution is -0.00827. The zero-order valence-corrected chi connectivity index (χ0v) is 12.0. The van der Waals surface area contributed by atoms with E-state index in [-0.39, 0.29) is 12.2 Å². The first-order valence-corrected chi connectivity index (χ1v) is 7.42. The molecule has 20 heavy (non-hydrogen) atoms. The van der Waals surface area contributed by atoms with Crippen molar-refractivity contribution in [2.45, 2.75) is 38.7 Å². The summed E-state index contributed by atoms with van der Waals surface area (Å²) in [7, 11) is 0. The summed E-state index contributed by atoms with van der Waals surface area (Å²) < 4.78 is 10.7. The van der Waals surface area contributed by atoms with Gasteiger partial charge in [0.15, 0.2) is 11.5 Å². The van der Waals surface area contributed by atoms with Crippen molar-refractivity contribution in [1.82, 2.24) is 0 Å². The zero-order valence-electron chi connectivity index (χ0n) is 12.0. The van der Waals surface area contributed by atoms with Gasteiger partial charge in [-0.15, -0.1) is 0 Å². The van der Waals surface area contributed by atoms with Crippen molar-refractivity contribution in [2.24, 2.45) is 17.1 Å². The fraction of sp³-hybridized carbons (Fsp3) is 0.625. The van der Waals surface area contributed by atoms with Crippen molar-refractivity contribution < 1.29 is 14.6 Å². The first-order chi connectivity index (χ1) is 9.64. The Morgan fingerprint density at radius 3 is 2.70 bits per heavy atom. The highest BCUT2D eigenvalue weighted by atomic mass is 16.7. The molecule has 1 aliphatic carbocycles. The number of benzene rings is 1. The van der Waals surface area contributed by atoms with E-state index in [2.05, 4.69) is 6.92 Å². The molecule has 0 saturated heterocycles. The fourth-order valence-corrected chi connectivity index (χ4v) is 3.36. The minimum absolute atomic E-state index is 0.194. The summed E-state index contributed by atoms with van der Waals surface area (Å²) in [5.74, 6) is 2.21. The smallest absolute Gasteiger partial charge is 0.231 e. The van der Waals surface area contributed by atoms with E-state index in [9.17, 15) is 5.11 Å². The summed E-state index contributed by atoms with van der Waals surface area (Å²) in [6, 6.07) is 5.69. The largest absolute Gasteiger partial charge is 0.454 e. The molecular weight excluding hydrogens is 254 g/mol. The molecule has 1 aliphatic heterocycles. The summed E-state index contributed by atoms with van der Waals surface area (Å²) in [4.78, 5) is 0. The van der Waals surface area contributed by atoms with Crippen molar-refractivity contribution in [3.05, 3.63) is 23.8 Å². The standard InChI is InChI=1S/C16H23NO3/c1-11-4-6-16(9-17,7-5-11)15(18)12-2-3-13-14(8-12)20-10-19-13/h2-3,8,11,15,18H,4-7,9-10,17H2,1H3. The van der Waals surface area contributed by atoms with Gasteiger partial charge in [0.25, 0.3) is 0 Å². The fourth-order valence-electron chi connectivity index (χ4n) is 3.36. The van der Waals surface area contributed by atoms with Crippen LogP contribution in [0.2, 0.25) is 0 Å². The van der Waals surface area contributed by atoms with Gasteiger partial charge in [0, 0.05) is 12.0 Å². The third kappa shape index (κ3) is 2.27. The highest BCUT2D eigenvalue weighted by Gasteiger charge is 2.40. The van der Waals surface area contributed by atoms with E-state index in [0.29, 0.717) is 6.54 Å². The monoisotopic (exact) mass is 277 g/mol. The van der Waals surface area contributed by atoms with Crippen molar-refractivity contribution in [1.29, 1.82) is 0 Å². The van der Waals surface area contributed by atoms with Crippen LogP contribution in [0.15, 0.2) is 18.2 Å². The second kappa shape index (κ2) is 5.26. The molecule has 0 aromatic heterocycles. The molecule has 1 unspecified atom stereocenters.